The van der Waals surface area contributed by atoms with Gasteiger partial charge in [0.2, 0.25) is 5.91 Å². The molecule has 2 aliphatic rings. The van der Waals surface area contributed by atoms with Crippen LogP contribution in [0.3, 0.4) is 0 Å². The number of aromatic hydroxyl groups is 1. The van der Waals surface area contributed by atoms with E-state index >= 15 is 0 Å². The monoisotopic (exact) mass is 416 g/mol. The predicted octanol–water partition coefficient (Wildman–Crippen LogP) is 5.16. The summed E-state index contributed by atoms with van der Waals surface area (Å²) in [5.74, 6) is -1.02. The van der Waals surface area contributed by atoms with Crippen molar-refractivity contribution in [1.29, 1.82) is 0 Å². The average molecular weight is 417 g/mol. The van der Waals surface area contributed by atoms with Crippen molar-refractivity contribution >= 4 is 23.1 Å². The zero-order chi connectivity index (χ0) is 22.3. The topological polar surface area (TPSA) is 78.8 Å². The number of phenols is 1. The number of hydrogen-bond donors (Lipinski definition) is 2. The summed E-state index contributed by atoms with van der Waals surface area (Å²) < 4.78 is 0. The van der Waals surface area contributed by atoms with E-state index < -0.39 is 11.8 Å². The highest BCUT2D eigenvalue weighted by atomic mass is 16.3. The highest BCUT2D eigenvalue weighted by molar-refractivity contribution is 6.13. The third-order valence-corrected chi connectivity index (χ3v) is 6.24. The van der Waals surface area contributed by atoms with Crippen LogP contribution < -0.4 is 5.32 Å². The maximum absolute atomic E-state index is 13.5. The molecule has 0 fully saturated rings. The van der Waals surface area contributed by atoms with Crippen molar-refractivity contribution in [2.75, 3.05) is 5.32 Å². The highest BCUT2D eigenvalue weighted by Gasteiger charge is 2.45. The number of rotatable bonds is 3. The van der Waals surface area contributed by atoms with Crippen LogP contribution >= 0.6 is 0 Å². The van der Waals surface area contributed by atoms with E-state index in [1.54, 1.807) is 24.3 Å². The number of phenolic OH excluding ortho intramolecular Hbond substituents is 1. The molecule has 2 aromatic carbocycles. The number of nitrogens with one attached hydrogen (secondary N) is 1. The normalized spacial score (nSPS) is 22.6. The quantitative estimate of drug-likeness (QED) is 0.726. The SMILES string of the molecule is CC1=NC2=C(C(=O)CC(C)(C)C2)[C@@H](c2ccc(O)cc2)C1C(=O)Nc1ccccc1C. The molecule has 2 N–H and O–H groups in total. The van der Waals surface area contributed by atoms with Gasteiger partial charge in [-0.15, -0.1) is 0 Å². The molecule has 31 heavy (non-hydrogen) atoms. The number of para-hydroxylation sites is 1. The molecule has 0 bridgehead atoms. The van der Waals surface area contributed by atoms with E-state index in [0.29, 0.717) is 24.1 Å². The number of amides is 1. The molecule has 2 atom stereocenters. The molecule has 2 aromatic rings. The molecule has 0 radical (unpaired) electrons. The maximum Gasteiger partial charge on any atom is 0.234 e. The lowest BCUT2D eigenvalue weighted by atomic mass is 9.66. The predicted molar refractivity (Wildman–Crippen MR) is 122 cm³/mol. The van der Waals surface area contributed by atoms with Gasteiger partial charge in [0.05, 0.1) is 5.92 Å². The van der Waals surface area contributed by atoms with Crippen LogP contribution in [0.4, 0.5) is 5.69 Å². The van der Waals surface area contributed by atoms with E-state index in [9.17, 15) is 14.7 Å². The second-order valence-electron chi connectivity index (χ2n) is 9.41. The minimum absolute atomic E-state index is 0.0502. The molecule has 1 aliphatic heterocycles. The molecule has 1 aliphatic carbocycles. The second kappa shape index (κ2) is 7.80. The van der Waals surface area contributed by atoms with E-state index in [4.69, 9.17) is 4.99 Å². The Bertz CT molecular complexity index is 1110. The number of aryl methyl sites for hydroxylation is 1. The molecule has 5 nitrogen and oxygen atoms in total. The van der Waals surface area contributed by atoms with Crippen LogP contribution in [0, 0.1) is 18.3 Å². The van der Waals surface area contributed by atoms with Gasteiger partial charge in [-0.2, -0.15) is 0 Å². The Morgan fingerprint density at radius 3 is 2.42 bits per heavy atom. The summed E-state index contributed by atoms with van der Waals surface area (Å²) in [7, 11) is 0. The molecule has 160 valence electrons. The second-order valence-corrected chi connectivity index (χ2v) is 9.41. The van der Waals surface area contributed by atoms with Gasteiger partial charge >= 0.3 is 0 Å². The van der Waals surface area contributed by atoms with Crippen LogP contribution in [-0.4, -0.2) is 22.5 Å². The van der Waals surface area contributed by atoms with Crippen molar-refractivity contribution in [1.82, 2.24) is 0 Å². The van der Waals surface area contributed by atoms with Gasteiger partial charge in [-0.3, -0.25) is 14.6 Å². The number of allylic oxidation sites excluding steroid dienone is 2. The van der Waals surface area contributed by atoms with Crippen molar-refractivity contribution in [2.45, 2.75) is 46.5 Å². The summed E-state index contributed by atoms with van der Waals surface area (Å²) in [6.45, 7) is 7.96. The number of nitrogens with zero attached hydrogens (tertiary/aromatic N) is 1. The van der Waals surface area contributed by atoms with Gasteiger partial charge in [-0.1, -0.05) is 44.2 Å². The van der Waals surface area contributed by atoms with E-state index in [1.165, 1.54) is 0 Å². The van der Waals surface area contributed by atoms with E-state index in [-0.39, 0.29) is 22.9 Å². The fourth-order valence-electron chi connectivity index (χ4n) is 4.75. The summed E-state index contributed by atoms with van der Waals surface area (Å²) in [6.07, 6.45) is 1.13. The first-order valence-electron chi connectivity index (χ1n) is 10.6. The van der Waals surface area contributed by atoms with Gasteiger partial charge in [0.25, 0.3) is 0 Å². The lowest BCUT2D eigenvalue weighted by Gasteiger charge is -2.39. The molecule has 0 saturated heterocycles. The van der Waals surface area contributed by atoms with Crippen molar-refractivity contribution in [3.05, 3.63) is 70.9 Å². The number of aliphatic imine (C=N–C) groups is 1. The first-order chi connectivity index (χ1) is 14.7. The zero-order valence-electron chi connectivity index (χ0n) is 18.4. The lowest BCUT2D eigenvalue weighted by Crippen LogP contribution is -2.41. The Morgan fingerprint density at radius 2 is 1.74 bits per heavy atom. The molecule has 0 aromatic heterocycles. The van der Waals surface area contributed by atoms with Crippen LogP contribution in [-0.2, 0) is 9.59 Å². The standard InChI is InChI=1S/C26H28N2O3/c1-15-7-5-6-8-19(15)28-25(31)22-16(2)27-20-13-26(3,4)14-21(30)24(20)23(22)17-9-11-18(29)12-10-17/h5-12,22-23,29H,13-14H2,1-4H3,(H,28,31)/t22?,23-/m0/s1. The van der Waals surface area contributed by atoms with Gasteiger partial charge < -0.3 is 10.4 Å². The molecule has 1 amide bonds. The van der Waals surface area contributed by atoms with Crippen molar-refractivity contribution in [3.63, 3.8) is 0 Å². The van der Waals surface area contributed by atoms with Crippen LogP contribution in [0.25, 0.3) is 0 Å². The molecule has 4 rings (SSSR count). The molecular formula is C26H28N2O3. The minimum Gasteiger partial charge on any atom is -0.508 e. The van der Waals surface area contributed by atoms with Crippen molar-refractivity contribution in [2.24, 2.45) is 16.3 Å². The van der Waals surface area contributed by atoms with Gasteiger partial charge in [0.15, 0.2) is 5.78 Å². The number of carbonyl (C=O) groups is 2. The lowest BCUT2D eigenvalue weighted by molar-refractivity contribution is -0.119. The first kappa shape index (κ1) is 21.0. The maximum atomic E-state index is 13.5. The van der Waals surface area contributed by atoms with Gasteiger partial charge in [-0.25, -0.2) is 0 Å². The molecule has 0 spiro atoms. The third kappa shape index (κ3) is 4.05. The van der Waals surface area contributed by atoms with E-state index in [1.807, 2.05) is 38.1 Å². The molecule has 1 unspecified atom stereocenters. The van der Waals surface area contributed by atoms with Gasteiger partial charge in [-0.05, 0) is 55.0 Å². The van der Waals surface area contributed by atoms with Crippen LogP contribution in [0.15, 0.2) is 64.8 Å². The summed E-state index contributed by atoms with van der Waals surface area (Å²) >= 11 is 0. The molecule has 1 heterocycles. The highest BCUT2D eigenvalue weighted by Crippen LogP contribution is 2.48. The number of benzene rings is 2. The van der Waals surface area contributed by atoms with E-state index in [0.717, 1.165) is 22.5 Å². The Labute approximate surface area is 182 Å². The smallest absolute Gasteiger partial charge is 0.234 e. The van der Waals surface area contributed by atoms with Gasteiger partial charge in [0, 0.05) is 35.0 Å². The number of ketones is 1. The Kier molecular flexibility index (Phi) is 5.29. The number of anilines is 1. The zero-order valence-corrected chi connectivity index (χ0v) is 18.4. The van der Waals surface area contributed by atoms with Crippen LogP contribution in [0.5, 0.6) is 5.75 Å². The molecular weight excluding hydrogens is 388 g/mol. The minimum atomic E-state index is -0.604. The Morgan fingerprint density at radius 1 is 1.06 bits per heavy atom. The van der Waals surface area contributed by atoms with Crippen molar-refractivity contribution in [3.8, 4) is 5.75 Å². The number of hydrogen-bond acceptors (Lipinski definition) is 4. The molecule has 0 saturated carbocycles. The summed E-state index contributed by atoms with van der Waals surface area (Å²) in [4.78, 5) is 31.6. The first-order valence-corrected chi connectivity index (χ1v) is 10.6. The Hall–Kier alpha value is -3.21. The van der Waals surface area contributed by atoms with Crippen LogP contribution in [0.1, 0.15) is 50.7 Å². The van der Waals surface area contributed by atoms with Gasteiger partial charge in [0.1, 0.15) is 5.75 Å². The van der Waals surface area contributed by atoms with Crippen LogP contribution in [0.2, 0.25) is 0 Å². The third-order valence-electron chi connectivity index (χ3n) is 6.24. The largest absolute Gasteiger partial charge is 0.508 e. The average Bonchev–Trinajstić information content (AvgIpc) is 2.68. The number of carbonyl (C=O) groups excluding carboxylic acids is 2. The fraction of sp³-hybridized carbons (Fsp3) is 0.346. The summed E-state index contributed by atoms with van der Waals surface area (Å²) in [5, 5.41) is 12.8. The summed E-state index contributed by atoms with van der Waals surface area (Å²) in [5.41, 5.74) is 4.52. The van der Waals surface area contributed by atoms with Crippen molar-refractivity contribution < 1.29 is 14.7 Å². The number of Topliss-reactive ketones (excluding diaryl/α,β-unsaturated/α-hetero) is 1. The summed E-state index contributed by atoms with van der Waals surface area (Å²) in [6, 6.07) is 14.4. The Balaban J connectivity index is 1.80. The molecule has 5 heteroatoms. The van der Waals surface area contributed by atoms with E-state index in [2.05, 4.69) is 19.2 Å². The fourth-order valence-corrected chi connectivity index (χ4v) is 4.75.